The molecule has 1 aliphatic rings. The minimum atomic E-state index is 0. The molecule has 2 N–H and O–H groups in total. The SMILES string of the molecule is Cc1coc(-c2cccc(NC(=O)CC(C)C3CCCNC3)c2)n1.Cl. The van der Waals surface area contributed by atoms with E-state index in [0.29, 0.717) is 24.1 Å². The standard InChI is InChI=1S/C19H25N3O2.ClH/c1-13(16-6-4-8-20-11-16)9-18(23)22-17-7-3-5-15(10-17)19-21-14(2)12-24-19;/h3,5,7,10,12-13,16,20H,4,6,8-9,11H2,1-2H3,(H,22,23);1H. The molecule has 2 unspecified atom stereocenters. The summed E-state index contributed by atoms with van der Waals surface area (Å²) in [6.45, 7) is 6.18. The van der Waals surface area contributed by atoms with Crippen LogP contribution in [-0.4, -0.2) is 24.0 Å². The second-order valence-electron chi connectivity index (χ2n) is 6.71. The van der Waals surface area contributed by atoms with Crippen molar-refractivity contribution < 1.29 is 9.21 Å². The number of anilines is 1. The van der Waals surface area contributed by atoms with Gasteiger partial charge < -0.3 is 15.1 Å². The predicted molar refractivity (Wildman–Crippen MR) is 102 cm³/mol. The summed E-state index contributed by atoms with van der Waals surface area (Å²) in [6, 6.07) is 7.62. The van der Waals surface area contributed by atoms with Crippen molar-refractivity contribution in [3.05, 3.63) is 36.2 Å². The molecule has 0 saturated carbocycles. The molecular formula is C19H26ClN3O2. The van der Waals surface area contributed by atoms with Crippen LogP contribution >= 0.6 is 12.4 Å². The van der Waals surface area contributed by atoms with Crippen molar-refractivity contribution in [1.82, 2.24) is 10.3 Å². The average Bonchev–Trinajstić information content (AvgIpc) is 3.02. The molecule has 1 amide bonds. The second kappa shape index (κ2) is 9.02. The first-order valence-corrected chi connectivity index (χ1v) is 8.65. The molecule has 1 fully saturated rings. The van der Waals surface area contributed by atoms with Gasteiger partial charge in [0.2, 0.25) is 11.8 Å². The molecule has 2 aromatic rings. The Bertz CT molecular complexity index is 695. The van der Waals surface area contributed by atoms with Gasteiger partial charge in [-0.15, -0.1) is 12.4 Å². The van der Waals surface area contributed by atoms with Gasteiger partial charge in [0, 0.05) is 17.7 Å². The molecular weight excluding hydrogens is 338 g/mol. The van der Waals surface area contributed by atoms with Crippen LogP contribution in [0.3, 0.4) is 0 Å². The van der Waals surface area contributed by atoms with Crippen molar-refractivity contribution in [3.8, 4) is 11.5 Å². The zero-order chi connectivity index (χ0) is 16.9. The zero-order valence-corrected chi connectivity index (χ0v) is 15.6. The van der Waals surface area contributed by atoms with Crippen molar-refractivity contribution in [2.45, 2.75) is 33.1 Å². The van der Waals surface area contributed by atoms with Gasteiger partial charge in [-0.1, -0.05) is 13.0 Å². The van der Waals surface area contributed by atoms with Crippen LogP contribution < -0.4 is 10.6 Å². The van der Waals surface area contributed by atoms with E-state index in [1.807, 2.05) is 31.2 Å². The van der Waals surface area contributed by atoms with E-state index in [2.05, 4.69) is 22.5 Å². The monoisotopic (exact) mass is 363 g/mol. The van der Waals surface area contributed by atoms with Crippen LogP contribution in [0.4, 0.5) is 5.69 Å². The number of aromatic nitrogens is 1. The van der Waals surface area contributed by atoms with E-state index < -0.39 is 0 Å². The molecule has 0 spiro atoms. The second-order valence-corrected chi connectivity index (χ2v) is 6.71. The topological polar surface area (TPSA) is 67.2 Å². The first kappa shape index (κ1) is 19.5. The van der Waals surface area contributed by atoms with E-state index in [0.717, 1.165) is 30.0 Å². The molecule has 1 saturated heterocycles. The molecule has 3 rings (SSSR count). The lowest BCUT2D eigenvalue weighted by molar-refractivity contribution is -0.117. The summed E-state index contributed by atoms with van der Waals surface area (Å²) in [4.78, 5) is 16.7. The fourth-order valence-electron chi connectivity index (χ4n) is 3.25. The lowest BCUT2D eigenvalue weighted by Gasteiger charge is -2.28. The number of oxazole rings is 1. The van der Waals surface area contributed by atoms with Gasteiger partial charge in [0.15, 0.2) is 0 Å². The Morgan fingerprint density at radius 2 is 2.32 bits per heavy atom. The van der Waals surface area contributed by atoms with Gasteiger partial charge in [-0.25, -0.2) is 4.98 Å². The summed E-state index contributed by atoms with van der Waals surface area (Å²) in [5, 5.41) is 6.42. The molecule has 2 heterocycles. The van der Waals surface area contributed by atoms with Crippen LogP contribution in [-0.2, 0) is 4.79 Å². The third kappa shape index (κ3) is 5.31. The lowest BCUT2D eigenvalue weighted by Crippen LogP contribution is -2.34. The van der Waals surface area contributed by atoms with Crippen LogP contribution in [0.1, 0.15) is 31.9 Å². The number of hydrogen-bond acceptors (Lipinski definition) is 4. The quantitative estimate of drug-likeness (QED) is 0.841. The normalized spacial score (nSPS) is 18.2. The van der Waals surface area contributed by atoms with Crippen molar-refractivity contribution in [1.29, 1.82) is 0 Å². The summed E-state index contributed by atoms with van der Waals surface area (Å²) in [5.74, 6) is 1.61. The van der Waals surface area contributed by atoms with Crippen LogP contribution in [0.2, 0.25) is 0 Å². The molecule has 5 nitrogen and oxygen atoms in total. The number of nitrogens with one attached hydrogen (secondary N) is 2. The lowest BCUT2D eigenvalue weighted by atomic mass is 9.85. The number of nitrogens with zero attached hydrogens (tertiary/aromatic N) is 1. The molecule has 1 aliphatic heterocycles. The van der Waals surface area contributed by atoms with Crippen molar-refractivity contribution in [3.63, 3.8) is 0 Å². The molecule has 6 heteroatoms. The fourth-order valence-corrected chi connectivity index (χ4v) is 3.25. The Morgan fingerprint density at radius 3 is 3.00 bits per heavy atom. The minimum absolute atomic E-state index is 0. The molecule has 0 radical (unpaired) electrons. The highest BCUT2D eigenvalue weighted by molar-refractivity contribution is 5.91. The van der Waals surface area contributed by atoms with Gasteiger partial charge in [-0.2, -0.15) is 0 Å². The van der Waals surface area contributed by atoms with E-state index in [1.54, 1.807) is 6.26 Å². The summed E-state index contributed by atoms with van der Waals surface area (Å²) in [7, 11) is 0. The van der Waals surface area contributed by atoms with E-state index in [-0.39, 0.29) is 18.3 Å². The number of hydrogen-bond donors (Lipinski definition) is 2. The maximum atomic E-state index is 12.3. The van der Waals surface area contributed by atoms with Gasteiger partial charge in [0.1, 0.15) is 6.26 Å². The predicted octanol–water partition coefficient (Wildman–Crippen LogP) is 4.04. The van der Waals surface area contributed by atoms with Crippen LogP contribution in [0.25, 0.3) is 11.5 Å². The number of amides is 1. The minimum Gasteiger partial charge on any atom is -0.444 e. The third-order valence-corrected chi connectivity index (χ3v) is 4.66. The largest absolute Gasteiger partial charge is 0.444 e. The molecule has 0 aliphatic carbocycles. The maximum absolute atomic E-state index is 12.3. The first-order chi connectivity index (χ1) is 11.6. The number of benzene rings is 1. The van der Waals surface area contributed by atoms with Crippen LogP contribution in [0, 0.1) is 18.8 Å². The number of carbonyl (C=O) groups excluding carboxylic acids is 1. The molecule has 1 aromatic carbocycles. The molecule has 25 heavy (non-hydrogen) atoms. The van der Waals surface area contributed by atoms with Crippen LogP contribution in [0.5, 0.6) is 0 Å². The fraction of sp³-hybridized carbons (Fsp3) is 0.474. The first-order valence-electron chi connectivity index (χ1n) is 8.65. The third-order valence-electron chi connectivity index (χ3n) is 4.66. The molecule has 1 aromatic heterocycles. The summed E-state index contributed by atoms with van der Waals surface area (Å²) < 4.78 is 5.42. The number of carbonyl (C=O) groups is 1. The van der Waals surface area contributed by atoms with Crippen molar-refractivity contribution in [2.75, 3.05) is 18.4 Å². The van der Waals surface area contributed by atoms with E-state index in [9.17, 15) is 4.79 Å². The summed E-state index contributed by atoms with van der Waals surface area (Å²) >= 11 is 0. The Balaban J connectivity index is 0.00000225. The van der Waals surface area contributed by atoms with E-state index in [4.69, 9.17) is 4.42 Å². The molecule has 136 valence electrons. The number of rotatable bonds is 5. The maximum Gasteiger partial charge on any atom is 0.226 e. The Kier molecular flexibility index (Phi) is 7.02. The summed E-state index contributed by atoms with van der Waals surface area (Å²) in [6.07, 6.45) is 4.59. The Hall–Kier alpha value is -1.85. The number of aryl methyl sites for hydroxylation is 1. The smallest absolute Gasteiger partial charge is 0.226 e. The molecule has 2 atom stereocenters. The highest BCUT2D eigenvalue weighted by atomic mass is 35.5. The number of halogens is 1. The van der Waals surface area contributed by atoms with Crippen LogP contribution in [0.15, 0.2) is 34.9 Å². The van der Waals surface area contributed by atoms with Gasteiger partial charge in [0.05, 0.1) is 5.69 Å². The Morgan fingerprint density at radius 1 is 1.48 bits per heavy atom. The van der Waals surface area contributed by atoms with Crippen molar-refractivity contribution in [2.24, 2.45) is 11.8 Å². The highest BCUT2D eigenvalue weighted by Gasteiger charge is 2.22. The average molecular weight is 364 g/mol. The van der Waals surface area contributed by atoms with Gasteiger partial charge in [-0.3, -0.25) is 4.79 Å². The van der Waals surface area contributed by atoms with Gasteiger partial charge in [0.25, 0.3) is 0 Å². The highest BCUT2D eigenvalue weighted by Crippen LogP contribution is 2.25. The van der Waals surface area contributed by atoms with Crippen molar-refractivity contribution >= 4 is 24.0 Å². The number of piperidine rings is 1. The van der Waals surface area contributed by atoms with Gasteiger partial charge >= 0.3 is 0 Å². The van der Waals surface area contributed by atoms with E-state index >= 15 is 0 Å². The Labute approximate surface area is 155 Å². The summed E-state index contributed by atoms with van der Waals surface area (Å²) in [5.41, 5.74) is 2.49. The molecule has 0 bridgehead atoms. The van der Waals surface area contributed by atoms with E-state index in [1.165, 1.54) is 12.8 Å². The van der Waals surface area contributed by atoms with Gasteiger partial charge in [-0.05, 0) is 62.9 Å². The zero-order valence-electron chi connectivity index (χ0n) is 14.7.